The van der Waals surface area contributed by atoms with Gasteiger partial charge in [0.15, 0.2) is 6.04 Å². The summed E-state index contributed by atoms with van der Waals surface area (Å²) in [6.07, 6.45) is -0.908. The van der Waals surface area contributed by atoms with Gasteiger partial charge in [-0.3, -0.25) is 0 Å². The quantitative estimate of drug-likeness (QED) is 0.563. The van der Waals surface area contributed by atoms with Crippen LogP contribution in [-0.2, 0) is 9.53 Å². The monoisotopic (exact) mass is 307 g/mol. The van der Waals surface area contributed by atoms with E-state index in [9.17, 15) is 9.90 Å². The number of fused-ring (bicyclic) bond motifs is 4. The smallest absolute Gasteiger partial charge is 0.331 e. The fourth-order valence-electron chi connectivity index (χ4n) is 3.31. The van der Waals surface area contributed by atoms with Crippen LogP contribution in [0.5, 0.6) is 0 Å². The van der Waals surface area contributed by atoms with Crippen molar-refractivity contribution >= 4 is 33.2 Å². The Hall–Kier alpha value is -2.59. The number of hydrogen-bond acceptors (Lipinski definition) is 4. The van der Waals surface area contributed by atoms with E-state index < -0.39 is 18.1 Å². The number of esters is 1. The molecule has 0 aliphatic carbocycles. The molecule has 4 heteroatoms. The molecule has 0 unspecified atom stereocenters. The third kappa shape index (κ3) is 2.14. The molecular formula is C19H17NO3. The Morgan fingerprint density at radius 3 is 2.61 bits per heavy atom. The van der Waals surface area contributed by atoms with E-state index in [4.69, 9.17) is 4.74 Å². The molecule has 1 aliphatic rings. The van der Waals surface area contributed by atoms with Gasteiger partial charge in [0.2, 0.25) is 0 Å². The molecule has 2 atom stereocenters. The summed E-state index contributed by atoms with van der Waals surface area (Å²) >= 11 is 0. The summed E-state index contributed by atoms with van der Waals surface area (Å²) in [6.45, 7) is 2.05. The number of aliphatic hydroxyl groups excluding tert-OH is 1. The highest BCUT2D eigenvalue weighted by molar-refractivity contribution is 6.03. The number of rotatable bonds is 2. The maximum absolute atomic E-state index is 12.0. The first-order valence-electron chi connectivity index (χ1n) is 7.75. The number of carbonyl (C=O) groups is 1. The third-order valence-corrected chi connectivity index (χ3v) is 4.39. The highest BCUT2D eigenvalue weighted by atomic mass is 16.5. The number of aliphatic hydroxyl groups is 1. The minimum atomic E-state index is -0.908. The summed E-state index contributed by atoms with van der Waals surface area (Å²) in [5, 5.41) is 18.0. The Morgan fingerprint density at radius 2 is 1.87 bits per heavy atom. The molecule has 0 bridgehead atoms. The van der Waals surface area contributed by atoms with Crippen molar-refractivity contribution in [1.29, 1.82) is 0 Å². The van der Waals surface area contributed by atoms with Crippen molar-refractivity contribution in [3.05, 3.63) is 54.1 Å². The average molecular weight is 307 g/mol. The number of nitrogens with one attached hydrogen (secondary N) is 1. The van der Waals surface area contributed by atoms with Crippen molar-refractivity contribution in [2.75, 3.05) is 11.9 Å². The van der Waals surface area contributed by atoms with Gasteiger partial charge in [0.05, 0.1) is 6.61 Å². The normalized spacial score (nSPS) is 19.6. The minimum absolute atomic E-state index is 0.297. The van der Waals surface area contributed by atoms with Crippen molar-refractivity contribution in [3.63, 3.8) is 0 Å². The van der Waals surface area contributed by atoms with Crippen molar-refractivity contribution in [2.24, 2.45) is 0 Å². The van der Waals surface area contributed by atoms with E-state index >= 15 is 0 Å². The SMILES string of the molecule is CCOC(=O)[C@H]1Nc2ccc3cc4ccccc4cc3c2[C@H]1O. The lowest BCUT2D eigenvalue weighted by molar-refractivity contribution is -0.146. The van der Waals surface area contributed by atoms with Crippen molar-refractivity contribution < 1.29 is 14.6 Å². The molecule has 116 valence electrons. The molecular weight excluding hydrogens is 290 g/mol. The molecule has 0 aromatic heterocycles. The molecule has 1 heterocycles. The van der Waals surface area contributed by atoms with Gasteiger partial charge in [-0.25, -0.2) is 4.79 Å². The van der Waals surface area contributed by atoms with Gasteiger partial charge in [-0.1, -0.05) is 30.3 Å². The van der Waals surface area contributed by atoms with E-state index in [1.54, 1.807) is 6.92 Å². The van der Waals surface area contributed by atoms with Crippen LogP contribution in [-0.4, -0.2) is 23.7 Å². The Bertz CT molecular complexity index is 919. The van der Waals surface area contributed by atoms with E-state index in [0.29, 0.717) is 6.61 Å². The predicted octanol–water partition coefficient (Wildman–Crippen LogP) is 3.38. The van der Waals surface area contributed by atoms with Crippen LogP contribution in [0.1, 0.15) is 18.6 Å². The lowest BCUT2D eigenvalue weighted by Gasteiger charge is -2.14. The summed E-state index contributed by atoms with van der Waals surface area (Å²) < 4.78 is 5.05. The zero-order valence-electron chi connectivity index (χ0n) is 12.7. The largest absolute Gasteiger partial charge is 0.464 e. The van der Waals surface area contributed by atoms with Gasteiger partial charge < -0.3 is 15.2 Å². The van der Waals surface area contributed by atoms with E-state index in [-0.39, 0.29) is 0 Å². The molecule has 0 saturated carbocycles. The molecule has 4 rings (SSSR count). The van der Waals surface area contributed by atoms with Crippen LogP contribution in [0, 0.1) is 0 Å². The molecule has 1 aliphatic heterocycles. The fourth-order valence-corrected chi connectivity index (χ4v) is 3.31. The summed E-state index contributed by atoms with van der Waals surface area (Å²) in [7, 11) is 0. The molecule has 3 aromatic carbocycles. The molecule has 4 nitrogen and oxygen atoms in total. The Morgan fingerprint density at radius 1 is 1.13 bits per heavy atom. The number of carbonyl (C=O) groups excluding carboxylic acids is 1. The first-order chi connectivity index (χ1) is 11.2. The van der Waals surface area contributed by atoms with E-state index in [0.717, 1.165) is 32.8 Å². The highest BCUT2D eigenvalue weighted by Crippen LogP contribution is 2.40. The molecule has 0 saturated heterocycles. The van der Waals surface area contributed by atoms with Crippen molar-refractivity contribution in [3.8, 4) is 0 Å². The predicted molar refractivity (Wildman–Crippen MR) is 90.5 cm³/mol. The van der Waals surface area contributed by atoms with Crippen LogP contribution in [0.15, 0.2) is 48.5 Å². The molecule has 0 radical (unpaired) electrons. The number of anilines is 1. The second-order valence-electron chi connectivity index (χ2n) is 5.77. The van der Waals surface area contributed by atoms with Crippen molar-refractivity contribution in [2.45, 2.75) is 19.1 Å². The van der Waals surface area contributed by atoms with Gasteiger partial charge in [0.25, 0.3) is 0 Å². The summed E-state index contributed by atoms with van der Waals surface area (Å²) in [5.74, 6) is -0.426. The first kappa shape index (κ1) is 14.0. The average Bonchev–Trinajstić information content (AvgIpc) is 2.90. The van der Waals surface area contributed by atoms with Crippen LogP contribution in [0.4, 0.5) is 5.69 Å². The van der Waals surface area contributed by atoms with E-state index in [1.807, 2.05) is 30.3 Å². The molecule has 0 spiro atoms. The fraction of sp³-hybridized carbons (Fsp3) is 0.211. The van der Waals surface area contributed by atoms with Crippen LogP contribution in [0.3, 0.4) is 0 Å². The zero-order valence-corrected chi connectivity index (χ0v) is 12.7. The summed E-state index contributed by atoms with van der Waals surface area (Å²) in [5.41, 5.74) is 1.56. The standard InChI is InChI=1S/C19H17NO3/c1-2-23-19(22)17-18(21)16-14-10-12-6-4-3-5-11(12)9-13(14)7-8-15(16)20-17/h3-10,17-18,20-21H,2H2,1H3/t17-,18+/m0/s1. The van der Waals surface area contributed by atoms with E-state index in [2.05, 4.69) is 23.5 Å². The molecule has 2 N–H and O–H groups in total. The molecule has 0 fully saturated rings. The Labute approximate surface area is 133 Å². The molecule has 23 heavy (non-hydrogen) atoms. The number of benzene rings is 3. The Kier molecular flexibility index (Phi) is 3.20. The van der Waals surface area contributed by atoms with Crippen LogP contribution >= 0.6 is 0 Å². The lowest BCUT2D eigenvalue weighted by atomic mass is 9.96. The zero-order chi connectivity index (χ0) is 16.0. The van der Waals surface area contributed by atoms with Crippen LogP contribution in [0.25, 0.3) is 21.5 Å². The second-order valence-corrected chi connectivity index (χ2v) is 5.77. The van der Waals surface area contributed by atoms with Crippen LogP contribution in [0.2, 0.25) is 0 Å². The second kappa shape index (κ2) is 5.25. The Balaban J connectivity index is 1.88. The first-order valence-corrected chi connectivity index (χ1v) is 7.75. The highest BCUT2D eigenvalue weighted by Gasteiger charge is 2.37. The van der Waals surface area contributed by atoms with Gasteiger partial charge in [-0.15, -0.1) is 0 Å². The van der Waals surface area contributed by atoms with Gasteiger partial charge in [0.1, 0.15) is 6.10 Å². The van der Waals surface area contributed by atoms with Crippen molar-refractivity contribution in [1.82, 2.24) is 0 Å². The topological polar surface area (TPSA) is 58.6 Å². The van der Waals surface area contributed by atoms with Crippen LogP contribution < -0.4 is 5.32 Å². The summed E-state index contributed by atoms with van der Waals surface area (Å²) in [6, 6.07) is 15.5. The van der Waals surface area contributed by atoms with Gasteiger partial charge in [0, 0.05) is 11.3 Å². The number of ether oxygens (including phenoxy) is 1. The molecule has 0 amide bonds. The van der Waals surface area contributed by atoms with Gasteiger partial charge >= 0.3 is 5.97 Å². The number of hydrogen-bond donors (Lipinski definition) is 2. The van der Waals surface area contributed by atoms with Gasteiger partial charge in [-0.2, -0.15) is 0 Å². The molecule has 3 aromatic rings. The summed E-state index contributed by atoms with van der Waals surface area (Å²) in [4.78, 5) is 12.0. The maximum atomic E-state index is 12.0. The van der Waals surface area contributed by atoms with Gasteiger partial charge in [-0.05, 0) is 46.7 Å². The third-order valence-electron chi connectivity index (χ3n) is 4.39. The maximum Gasteiger partial charge on any atom is 0.331 e. The van der Waals surface area contributed by atoms with E-state index in [1.165, 1.54) is 0 Å². The minimum Gasteiger partial charge on any atom is -0.464 e. The lowest BCUT2D eigenvalue weighted by Crippen LogP contribution is -2.32.